The number of carbonyl (C=O) groups excluding carboxylic acids is 1. The number of carbonyl (C=O) groups is 1. The molecule has 14 heavy (non-hydrogen) atoms. The molecule has 2 rings (SSSR count). The number of rotatable bonds is 2. The van der Waals surface area contributed by atoms with Crippen molar-refractivity contribution in [1.82, 2.24) is 0 Å². The van der Waals surface area contributed by atoms with E-state index in [-0.39, 0.29) is 5.78 Å². The van der Waals surface area contributed by atoms with Crippen LogP contribution in [0.25, 0.3) is 0 Å². The molecule has 3 nitrogen and oxygen atoms in total. The fourth-order valence-corrected chi connectivity index (χ4v) is 2.39. The Hall–Kier alpha value is -0.420. The fourth-order valence-electron chi connectivity index (χ4n) is 1.25. The number of thiophene rings is 1. The van der Waals surface area contributed by atoms with Gasteiger partial charge in [0.15, 0.2) is 0 Å². The minimum Gasteiger partial charge on any atom is -0.376 e. The number of ether oxygens (including phenoxy) is 2. The van der Waals surface area contributed by atoms with Crippen LogP contribution in [0.5, 0.6) is 0 Å². The lowest BCUT2D eigenvalue weighted by Gasteiger charge is -2.21. The van der Waals surface area contributed by atoms with Crippen molar-refractivity contribution in [2.24, 2.45) is 0 Å². The average molecular weight is 233 g/mol. The van der Waals surface area contributed by atoms with Crippen LogP contribution >= 0.6 is 22.9 Å². The highest BCUT2D eigenvalue weighted by Gasteiger charge is 2.26. The van der Waals surface area contributed by atoms with Crippen molar-refractivity contribution in [3.8, 4) is 0 Å². The highest BCUT2D eigenvalue weighted by molar-refractivity contribution is 7.12. The second-order valence-electron chi connectivity index (χ2n) is 2.90. The Morgan fingerprint density at radius 1 is 1.57 bits per heavy atom. The molecule has 1 aromatic heterocycles. The molecule has 0 amide bonds. The average Bonchev–Trinajstić information content (AvgIpc) is 2.65. The Bertz CT molecular complexity index is 331. The third kappa shape index (κ3) is 1.98. The molecule has 0 N–H and O–H groups in total. The van der Waals surface area contributed by atoms with E-state index in [0.717, 1.165) is 0 Å². The lowest BCUT2D eigenvalue weighted by Crippen LogP contribution is -2.35. The molecule has 2 heterocycles. The zero-order chi connectivity index (χ0) is 9.97. The minimum atomic E-state index is -0.486. The van der Waals surface area contributed by atoms with Gasteiger partial charge < -0.3 is 9.47 Å². The van der Waals surface area contributed by atoms with E-state index in [4.69, 9.17) is 21.1 Å². The van der Waals surface area contributed by atoms with Crippen LogP contribution in [0.3, 0.4) is 0 Å². The van der Waals surface area contributed by atoms with Gasteiger partial charge >= 0.3 is 0 Å². The standard InChI is InChI=1S/C9H9ClO3S/c10-6-1-4-14-9(6)8(11)7-5-12-2-3-13-7/h1,4,7H,2-3,5H2. The number of hydrogen-bond acceptors (Lipinski definition) is 4. The van der Waals surface area contributed by atoms with Crippen molar-refractivity contribution >= 4 is 28.7 Å². The van der Waals surface area contributed by atoms with Crippen molar-refractivity contribution < 1.29 is 14.3 Å². The molecule has 1 fully saturated rings. The summed E-state index contributed by atoms with van der Waals surface area (Å²) in [4.78, 5) is 12.4. The Morgan fingerprint density at radius 3 is 3.00 bits per heavy atom. The molecule has 0 aliphatic carbocycles. The molecule has 0 spiro atoms. The van der Waals surface area contributed by atoms with E-state index in [0.29, 0.717) is 29.7 Å². The van der Waals surface area contributed by atoms with Crippen LogP contribution in [0.15, 0.2) is 11.4 Å². The maximum Gasteiger partial charge on any atom is 0.205 e. The topological polar surface area (TPSA) is 35.5 Å². The van der Waals surface area contributed by atoms with Crippen LogP contribution in [-0.4, -0.2) is 31.7 Å². The van der Waals surface area contributed by atoms with Crippen LogP contribution in [0.4, 0.5) is 0 Å². The zero-order valence-electron chi connectivity index (χ0n) is 7.36. The predicted molar refractivity (Wildman–Crippen MR) is 54.2 cm³/mol. The lowest BCUT2D eigenvalue weighted by molar-refractivity contribution is -0.0717. The first-order valence-corrected chi connectivity index (χ1v) is 5.51. The summed E-state index contributed by atoms with van der Waals surface area (Å²) in [6.07, 6.45) is -0.486. The molecule has 0 bridgehead atoms. The molecular formula is C9H9ClO3S. The molecule has 0 radical (unpaired) electrons. The van der Waals surface area contributed by atoms with E-state index in [9.17, 15) is 4.79 Å². The van der Waals surface area contributed by atoms with Gasteiger partial charge in [-0.05, 0) is 11.4 Å². The van der Waals surface area contributed by atoms with Crippen LogP contribution in [0.2, 0.25) is 5.02 Å². The molecular weight excluding hydrogens is 224 g/mol. The smallest absolute Gasteiger partial charge is 0.205 e. The number of Topliss-reactive ketones (excluding diaryl/α,β-unsaturated/α-hetero) is 1. The van der Waals surface area contributed by atoms with E-state index >= 15 is 0 Å². The van der Waals surface area contributed by atoms with E-state index in [1.54, 1.807) is 11.4 Å². The normalized spacial score (nSPS) is 22.2. The number of hydrogen-bond donors (Lipinski definition) is 0. The summed E-state index contributed by atoms with van der Waals surface area (Å²) < 4.78 is 10.4. The van der Waals surface area contributed by atoms with E-state index < -0.39 is 6.10 Å². The molecule has 1 aromatic rings. The highest BCUT2D eigenvalue weighted by atomic mass is 35.5. The summed E-state index contributed by atoms with van der Waals surface area (Å²) >= 11 is 7.18. The molecule has 76 valence electrons. The summed E-state index contributed by atoms with van der Waals surface area (Å²) in [6, 6.07) is 1.71. The molecule has 1 aliphatic rings. The van der Waals surface area contributed by atoms with Gasteiger partial charge in [-0.2, -0.15) is 0 Å². The van der Waals surface area contributed by atoms with Gasteiger partial charge in [0, 0.05) is 0 Å². The Labute approximate surface area is 90.6 Å². The largest absolute Gasteiger partial charge is 0.376 e. The lowest BCUT2D eigenvalue weighted by atomic mass is 10.2. The van der Waals surface area contributed by atoms with Gasteiger partial charge in [-0.1, -0.05) is 11.6 Å². The molecule has 0 aromatic carbocycles. The van der Waals surface area contributed by atoms with E-state index in [2.05, 4.69) is 0 Å². The quantitative estimate of drug-likeness (QED) is 0.732. The third-order valence-corrected chi connectivity index (χ3v) is 3.31. The molecule has 5 heteroatoms. The second-order valence-corrected chi connectivity index (χ2v) is 4.22. The van der Waals surface area contributed by atoms with E-state index in [1.165, 1.54) is 11.3 Å². The maximum absolute atomic E-state index is 11.8. The molecule has 1 unspecified atom stereocenters. The molecule has 1 saturated heterocycles. The molecule has 0 saturated carbocycles. The number of halogens is 1. The van der Waals surface area contributed by atoms with E-state index in [1.807, 2.05) is 0 Å². The summed E-state index contributed by atoms with van der Waals surface area (Å²) in [7, 11) is 0. The highest BCUT2D eigenvalue weighted by Crippen LogP contribution is 2.24. The van der Waals surface area contributed by atoms with Gasteiger partial charge in [0.25, 0.3) is 0 Å². The summed E-state index contributed by atoms with van der Waals surface area (Å²) in [6.45, 7) is 1.36. The second kappa shape index (κ2) is 4.40. The minimum absolute atomic E-state index is 0.0790. The Kier molecular flexibility index (Phi) is 3.18. The SMILES string of the molecule is O=C(c1sccc1Cl)C1COCCO1. The first-order valence-electron chi connectivity index (χ1n) is 4.25. The van der Waals surface area contributed by atoms with Gasteiger partial charge in [0.05, 0.1) is 29.7 Å². The van der Waals surface area contributed by atoms with Crippen LogP contribution in [0, 0.1) is 0 Å². The summed E-state index contributed by atoms with van der Waals surface area (Å²) in [5.74, 6) is -0.0790. The first kappa shape index (κ1) is 10.1. The van der Waals surface area contributed by atoms with Crippen LogP contribution in [0.1, 0.15) is 9.67 Å². The zero-order valence-corrected chi connectivity index (χ0v) is 8.94. The van der Waals surface area contributed by atoms with Crippen molar-refractivity contribution in [3.05, 3.63) is 21.3 Å². The van der Waals surface area contributed by atoms with Gasteiger partial charge in [-0.15, -0.1) is 11.3 Å². The van der Waals surface area contributed by atoms with Crippen molar-refractivity contribution in [3.63, 3.8) is 0 Å². The van der Waals surface area contributed by atoms with Gasteiger partial charge in [0.1, 0.15) is 6.10 Å². The summed E-state index contributed by atoms with van der Waals surface area (Å²) in [5.41, 5.74) is 0. The van der Waals surface area contributed by atoms with Gasteiger partial charge in [0.2, 0.25) is 5.78 Å². The van der Waals surface area contributed by atoms with Gasteiger partial charge in [-0.3, -0.25) is 4.79 Å². The predicted octanol–water partition coefficient (Wildman–Crippen LogP) is 2.00. The molecule has 1 aliphatic heterocycles. The van der Waals surface area contributed by atoms with Crippen molar-refractivity contribution in [1.29, 1.82) is 0 Å². The fraction of sp³-hybridized carbons (Fsp3) is 0.444. The maximum atomic E-state index is 11.8. The van der Waals surface area contributed by atoms with Crippen LogP contribution in [-0.2, 0) is 9.47 Å². The van der Waals surface area contributed by atoms with Crippen molar-refractivity contribution in [2.75, 3.05) is 19.8 Å². The summed E-state index contributed by atoms with van der Waals surface area (Å²) in [5, 5.41) is 2.29. The third-order valence-electron chi connectivity index (χ3n) is 1.95. The number of ketones is 1. The Morgan fingerprint density at radius 2 is 2.43 bits per heavy atom. The monoisotopic (exact) mass is 232 g/mol. The van der Waals surface area contributed by atoms with Gasteiger partial charge in [-0.25, -0.2) is 0 Å². The molecule has 1 atom stereocenters. The first-order chi connectivity index (χ1) is 6.79. The Balaban J connectivity index is 2.11. The van der Waals surface area contributed by atoms with Crippen LogP contribution < -0.4 is 0 Å². The van der Waals surface area contributed by atoms with Crippen molar-refractivity contribution in [2.45, 2.75) is 6.10 Å².